The van der Waals surface area contributed by atoms with Crippen molar-refractivity contribution >= 4 is 40.9 Å². The van der Waals surface area contributed by atoms with Crippen molar-refractivity contribution < 1.29 is 4.39 Å². The summed E-state index contributed by atoms with van der Waals surface area (Å²) in [7, 11) is 0. The Hall–Kier alpha value is -2.85. The highest BCUT2D eigenvalue weighted by atomic mass is 32.2. The monoisotopic (exact) mass is 497 g/mol. The van der Waals surface area contributed by atoms with Crippen molar-refractivity contribution in [2.24, 2.45) is 0 Å². The fourth-order valence-corrected chi connectivity index (χ4v) is 4.73. The molecular formula is C24H28FN7S2. The Bertz CT molecular complexity index is 1080. The summed E-state index contributed by atoms with van der Waals surface area (Å²) in [5.74, 6) is 1.11. The van der Waals surface area contributed by atoms with Crippen molar-refractivity contribution in [3.05, 3.63) is 60.2 Å². The number of nitrogens with zero attached hydrogens (tertiary/aromatic N) is 5. The average Bonchev–Trinajstić information content (AvgIpc) is 2.84. The first kappa shape index (κ1) is 24.3. The molecule has 34 heavy (non-hydrogen) atoms. The molecule has 4 rings (SSSR count). The van der Waals surface area contributed by atoms with Crippen LogP contribution >= 0.6 is 24.0 Å². The van der Waals surface area contributed by atoms with E-state index in [1.807, 2.05) is 18.2 Å². The summed E-state index contributed by atoms with van der Waals surface area (Å²) in [5, 5.41) is 8.21. The molecule has 0 saturated carbocycles. The van der Waals surface area contributed by atoms with Gasteiger partial charge in [0, 0.05) is 37.6 Å². The van der Waals surface area contributed by atoms with E-state index in [2.05, 4.69) is 37.4 Å². The number of aryl methyl sites for hydroxylation is 1. The summed E-state index contributed by atoms with van der Waals surface area (Å²) in [6, 6.07) is 10.8. The second-order valence-electron chi connectivity index (χ2n) is 8.17. The predicted octanol–water partition coefficient (Wildman–Crippen LogP) is 4.85. The predicted molar refractivity (Wildman–Crippen MR) is 138 cm³/mol. The van der Waals surface area contributed by atoms with Gasteiger partial charge in [-0.05, 0) is 86.8 Å². The first-order valence-corrected chi connectivity index (χ1v) is 12.7. The van der Waals surface area contributed by atoms with Gasteiger partial charge in [-0.3, -0.25) is 0 Å². The number of piperidine rings is 1. The number of rotatable bonds is 8. The van der Waals surface area contributed by atoms with Crippen LogP contribution in [0.5, 0.6) is 0 Å². The van der Waals surface area contributed by atoms with Crippen LogP contribution in [0, 0.1) is 5.82 Å². The molecule has 10 heteroatoms. The zero-order valence-electron chi connectivity index (χ0n) is 19.1. The van der Waals surface area contributed by atoms with Crippen LogP contribution < -0.4 is 15.5 Å². The largest absolute Gasteiger partial charge is 0.362 e. The highest BCUT2D eigenvalue weighted by molar-refractivity contribution is 7.99. The van der Waals surface area contributed by atoms with Gasteiger partial charge in [0.15, 0.2) is 10.3 Å². The summed E-state index contributed by atoms with van der Waals surface area (Å²) in [6.07, 6.45) is 8.67. The van der Waals surface area contributed by atoms with Crippen molar-refractivity contribution in [3.63, 3.8) is 0 Å². The maximum Gasteiger partial charge on any atom is 0.232 e. The number of thiocarbonyl (C=S) groups is 1. The van der Waals surface area contributed by atoms with Gasteiger partial charge in [-0.15, -0.1) is 0 Å². The first-order valence-electron chi connectivity index (χ1n) is 11.5. The van der Waals surface area contributed by atoms with E-state index in [1.54, 1.807) is 18.5 Å². The van der Waals surface area contributed by atoms with E-state index in [0.29, 0.717) is 28.8 Å². The zero-order valence-corrected chi connectivity index (χ0v) is 20.7. The van der Waals surface area contributed by atoms with Gasteiger partial charge in [0.05, 0.1) is 0 Å². The molecule has 3 heterocycles. The second-order valence-corrected chi connectivity index (χ2v) is 9.57. The van der Waals surface area contributed by atoms with Gasteiger partial charge in [-0.1, -0.05) is 12.1 Å². The van der Waals surface area contributed by atoms with Crippen LogP contribution in [0.15, 0.2) is 59.0 Å². The Morgan fingerprint density at radius 1 is 1.18 bits per heavy atom. The summed E-state index contributed by atoms with van der Waals surface area (Å²) >= 11 is 6.88. The Kier molecular flexibility index (Phi) is 8.59. The normalized spacial score (nSPS) is 15.7. The first-order chi connectivity index (χ1) is 16.6. The number of hydrogen-bond donors (Lipinski definition) is 2. The van der Waals surface area contributed by atoms with Gasteiger partial charge in [0.2, 0.25) is 5.95 Å². The van der Waals surface area contributed by atoms with Gasteiger partial charge in [0.1, 0.15) is 16.7 Å². The molecule has 7 nitrogen and oxygen atoms in total. The molecule has 2 aromatic heterocycles. The molecule has 0 spiro atoms. The Balaban J connectivity index is 1.40. The molecule has 2 N–H and O–H groups in total. The van der Waals surface area contributed by atoms with E-state index < -0.39 is 0 Å². The standard InChI is InChI=1S/C24H28FN7S2/c1-17-6-2-3-15-32(17)20-16-21(34-24-27-13-5-14-28-24)30-22(29-20)31-23(33)26-12-4-7-18-8-10-19(25)11-9-18/h5,8-11,13-14,16-17H,2-4,6-7,12,15H2,1H3,(H2,26,29,30,31,33)/t17-/m0/s1. The third-order valence-corrected chi connectivity index (χ3v) is 6.65. The molecule has 178 valence electrons. The van der Waals surface area contributed by atoms with Crippen LogP contribution in [0.1, 0.15) is 38.2 Å². The zero-order chi connectivity index (χ0) is 23.8. The van der Waals surface area contributed by atoms with Crippen molar-refractivity contribution in [1.82, 2.24) is 25.3 Å². The minimum atomic E-state index is -0.218. The topological polar surface area (TPSA) is 78.9 Å². The molecule has 1 aromatic carbocycles. The molecule has 0 aliphatic carbocycles. The number of hydrogen-bond acceptors (Lipinski definition) is 7. The van der Waals surface area contributed by atoms with Gasteiger partial charge in [-0.25, -0.2) is 19.3 Å². The smallest absolute Gasteiger partial charge is 0.232 e. The van der Waals surface area contributed by atoms with Crippen LogP contribution in [0.25, 0.3) is 0 Å². The fraction of sp³-hybridized carbons (Fsp3) is 0.375. The molecule has 0 bridgehead atoms. The maximum absolute atomic E-state index is 13.0. The minimum Gasteiger partial charge on any atom is -0.362 e. The van der Waals surface area contributed by atoms with Gasteiger partial charge in [0.25, 0.3) is 0 Å². The van der Waals surface area contributed by atoms with E-state index in [0.717, 1.165) is 48.6 Å². The lowest BCUT2D eigenvalue weighted by molar-refractivity contribution is 0.480. The molecule has 0 amide bonds. The van der Waals surface area contributed by atoms with Crippen LogP contribution in [0.2, 0.25) is 0 Å². The van der Waals surface area contributed by atoms with E-state index in [4.69, 9.17) is 17.2 Å². The van der Waals surface area contributed by atoms with Crippen LogP contribution in [-0.2, 0) is 6.42 Å². The molecule has 1 atom stereocenters. The van der Waals surface area contributed by atoms with Crippen molar-refractivity contribution in [3.8, 4) is 0 Å². The van der Waals surface area contributed by atoms with Crippen molar-refractivity contribution in [2.75, 3.05) is 23.3 Å². The highest BCUT2D eigenvalue weighted by Crippen LogP contribution is 2.29. The lowest BCUT2D eigenvalue weighted by Gasteiger charge is -2.34. The Morgan fingerprint density at radius 3 is 2.74 bits per heavy atom. The highest BCUT2D eigenvalue weighted by Gasteiger charge is 2.21. The van der Waals surface area contributed by atoms with Crippen molar-refractivity contribution in [1.29, 1.82) is 0 Å². The summed E-state index contributed by atoms with van der Waals surface area (Å²) in [5.41, 5.74) is 1.10. The van der Waals surface area contributed by atoms with E-state index in [9.17, 15) is 4.39 Å². The molecule has 1 aliphatic heterocycles. The van der Waals surface area contributed by atoms with Gasteiger partial charge >= 0.3 is 0 Å². The average molecular weight is 498 g/mol. The van der Waals surface area contributed by atoms with Crippen LogP contribution in [0.4, 0.5) is 16.2 Å². The molecule has 1 aliphatic rings. The fourth-order valence-electron chi connectivity index (χ4n) is 3.83. The third-order valence-electron chi connectivity index (χ3n) is 5.59. The number of aromatic nitrogens is 4. The Labute approximate surface area is 209 Å². The third kappa shape index (κ3) is 7.07. The maximum atomic E-state index is 13.0. The molecule has 1 saturated heterocycles. The number of anilines is 2. The number of halogens is 1. The quantitative estimate of drug-likeness (QED) is 0.196. The summed E-state index contributed by atoms with van der Waals surface area (Å²) < 4.78 is 13.0. The number of nitrogens with one attached hydrogen (secondary N) is 2. The number of benzene rings is 1. The van der Waals surface area contributed by atoms with Crippen LogP contribution in [0.3, 0.4) is 0 Å². The van der Waals surface area contributed by atoms with Gasteiger partial charge in [-0.2, -0.15) is 4.98 Å². The summed E-state index contributed by atoms with van der Waals surface area (Å²) in [4.78, 5) is 20.3. The molecule has 1 fully saturated rings. The lowest BCUT2D eigenvalue weighted by Crippen LogP contribution is -2.38. The SMILES string of the molecule is C[C@H]1CCCCN1c1cc(Sc2ncccn2)nc(NC(=S)NCCCc2ccc(F)cc2)n1. The lowest BCUT2D eigenvalue weighted by atomic mass is 10.0. The van der Waals surface area contributed by atoms with E-state index >= 15 is 0 Å². The second kappa shape index (κ2) is 12.0. The van der Waals surface area contributed by atoms with Crippen molar-refractivity contribution in [2.45, 2.75) is 55.3 Å². The van der Waals surface area contributed by atoms with Crippen LogP contribution in [-0.4, -0.2) is 44.2 Å². The summed E-state index contributed by atoms with van der Waals surface area (Å²) in [6.45, 7) is 3.88. The molecular weight excluding hydrogens is 469 g/mol. The van der Waals surface area contributed by atoms with Gasteiger partial charge < -0.3 is 15.5 Å². The minimum absolute atomic E-state index is 0.218. The van der Waals surface area contributed by atoms with E-state index in [-0.39, 0.29) is 5.82 Å². The molecule has 0 unspecified atom stereocenters. The molecule has 0 radical (unpaired) electrons. The molecule has 3 aromatic rings. The Morgan fingerprint density at radius 2 is 1.97 bits per heavy atom. The van der Waals surface area contributed by atoms with E-state index in [1.165, 1.54) is 30.3 Å².